The van der Waals surface area contributed by atoms with Crippen LogP contribution in [-0.4, -0.2) is 27.9 Å². The third kappa shape index (κ3) is 3.96. The van der Waals surface area contributed by atoms with E-state index >= 15 is 0 Å². The Labute approximate surface area is 124 Å². The monoisotopic (exact) mass is 318 g/mol. The zero-order valence-corrected chi connectivity index (χ0v) is 12.3. The fraction of sp³-hybridized carbons (Fsp3) is 0.615. The average molecular weight is 318 g/mol. The maximum Gasteiger partial charge on any atom is 0.347 e. The molecule has 0 aromatic carbocycles. The first-order valence-electron chi connectivity index (χ1n) is 6.63. The number of nitrogens with one attached hydrogen (secondary N) is 1. The number of amides is 1. The molecule has 8 heteroatoms. The maximum absolute atomic E-state index is 13.0. The number of thiazole rings is 1. The topological polar surface area (TPSA) is 79.3 Å². The summed E-state index contributed by atoms with van der Waals surface area (Å²) in [7, 11) is 0. The Morgan fingerprint density at radius 1 is 1.43 bits per heavy atom. The van der Waals surface area contributed by atoms with Gasteiger partial charge in [-0.1, -0.05) is 0 Å². The number of hydrogen-bond donors (Lipinski definition) is 2. The van der Waals surface area contributed by atoms with Crippen LogP contribution in [0.3, 0.4) is 0 Å². The summed E-state index contributed by atoms with van der Waals surface area (Å²) in [5, 5.41) is 12.1. The Balaban J connectivity index is 1.87. The Hall–Kier alpha value is -1.57. The first kappa shape index (κ1) is 15.8. The largest absolute Gasteiger partial charge is 0.477 e. The lowest BCUT2D eigenvalue weighted by Gasteiger charge is -2.27. The quantitative estimate of drug-likeness (QED) is 0.894. The molecule has 0 saturated heterocycles. The zero-order chi connectivity index (χ0) is 15.6. The van der Waals surface area contributed by atoms with E-state index < -0.39 is 17.8 Å². The molecule has 1 aliphatic carbocycles. The van der Waals surface area contributed by atoms with Gasteiger partial charge in [0.15, 0.2) is 0 Å². The molecule has 1 fully saturated rings. The van der Waals surface area contributed by atoms with Crippen LogP contribution in [-0.2, 0) is 11.3 Å². The summed E-state index contributed by atoms with van der Waals surface area (Å²) in [6, 6.07) is 0. The molecule has 1 saturated carbocycles. The van der Waals surface area contributed by atoms with Crippen LogP contribution in [0.1, 0.15) is 46.1 Å². The van der Waals surface area contributed by atoms with Gasteiger partial charge in [0.1, 0.15) is 9.88 Å². The van der Waals surface area contributed by atoms with Crippen LogP contribution in [0.25, 0.3) is 0 Å². The predicted octanol–water partition coefficient (Wildman–Crippen LogP) is 2.59. The number of aromatic carboxylic acids is 1. The second-order valence-corrected chi connectivity index (χ2v) is 6.26. The van der Waals surface area contributed by atoms with Crippen molar-refractivity contribution in [2.24, 2.45) is 5.92 Å². The van der Waals surface area contributed by atoms with Gasteiger partial charge < -0.3 is 10.4 Å². The number of hydrogen-bond acceptors (Lipinski definition) is 4. The number of carboxylic acids is 1. The lowest BCUT2D eigenvalue weighted by molar-refractivity contribution is -0.129. The highest BCUT2D eigenvalue weighted by molar-refractivity contribution is 7.13. The van der Waals surface area contributed by atoms with E-state index in [1.54, 1.807) is 6.92 Å². The second-order valence-electron chi connectivity index (χ2n) is 5.18. The van der Waals surface area contributed by atoms with Crippen molar-refractivity contribution in [3.63, 3.8) is 0 Å². The van der Waals surface area contributed by atoms with Gasteiger partial charge in [0.25, 0.3) is 0 Å². The Kier molecular flexibility index (Phi) is 4.55. The standard InChI is InChI=1S/C13H16F2N2O3S/c1-7-10(12(19)20)21-9(17-7)6-16-11(18)8-2-4-13(14,15)5-3-8/h8H,2-6H2,1H3,(H,16,18)(H,19,20). The fourth-order valence-corrected chi connectivity index (χ4v) is 3.18. The van der Waals surface area contributed by atoms with E-state index in [0.29, 0.717) is 10.7 Å². The first-order valence-corrected chi connectivity index (χ1v) is 7.45. The number of carboxylic acid groups (broad SMARTS) is 1. The summed E-state index contributed by atoms with van der Waals surface area (Å²) in [6.07, 6.45) is -0.165. The molecule has 0 aliphatic heterocycles. The highest BCUT2D eigenvalue weighted by Crippen LogP contribution is 2.36. The van der Waals surface area contributed by atoms with Crippen LogP contribution in [0.15, 0.2) is 0 Å². The molecule has 1 amide bonds. The molecule has 0 spiro atoms. The highest BCUT2D eigenvalue weighted by atomic mass is 32.1. The Bertz CT molecular complexity index is 550. The van der Waals surface area contributed by atoms with Crippen molar-refractivity contribution in [2.75, 3.05) is 0 Å². The first-order chi connectivity index (χ1) is 9.78. The molecule has 0 atom stereocenters. The Morgan fingerprint density at radius 3 is 2.57 bits per heavy atom. The lowest BCUT2D eigenvalue weighted by atomic mass is 9.86. The SMILES string of the molecule is Cc1nc(CNC(=O)C2CCC(F)(F)CC2)sc1C(=O)O. The number of rotatable bonds is 4. The molecule has 21 heavy (non-hydrogen) atoms. The van der Waals surface area contributed by atoms with Gasteiger partial charge in [-0.3, -0.25) is 4.79 Å². The van der Waals surface area contributed by atoms with Crippen molar-refractivity contribution < 1.29 is 23.5 Å². The van der Waals surface area contributed by atoms with Crippen molar-refractivity contribution >= 4 is 23.2 Å². The number of aryl methyl sites for hydroxylation is 1. The van der Waals surface area contributed by atoms with Crippen molar-refractivity contribution in [3.8, 4) is 0 Å². The molecule has 5 nitrogen and oxygen atoms in total. The number of halogens is 2. The molecule has 0 bridgehead atoms. The van der Waals surface area contributed by atoms with Crippen LogP contribution >= 0.6 is 11.3 Å². The normalized spacial score (nSPS) is 18.4. The van der Waals surface area contributed by atoms with Crippen molar-refractivity contribution in [1.29, 1.82) is 0 Å². The molecule has 2 N–H and O–H groups in total. The third-order valence-electron chi connectivity index (χ3n) is 3.54. The van der Waals surface area contributed by atoms with E-state index in [1.807, 2.05) is 0 Å². The molecular formula is C13H16F2N2O3S. The van der Waals surface area contributed by atoms with Crippen molar-refractivity contribution in [3.05, 3.63) is 15.6 Å². The maximum atomic E-state index is 13.0. The van der Waals surface area contributed by atoms with Crippen LogP contribution in [0.5, 0.6) is 0 Å². The van der Waals surface area contributed by atoms with Gasteiger partial charge in [-0.2, -0.15) is 0 Å². The van der Waals surface area contributed by atoms with Crippen LogP contribution in [0.4, 0.5) is 8.78 Å². The minimum Gasteiger partial charge on any atom is -0.477 e. The third-order valence-corrected chi connectivity index (χ3v) is 4.68. The smallest absolute Gasteiger partial charge is 0.347 e. The number of carbonyl (C=O) groups excluding carboxylic acids is 1. The van der Waals surface area contributed by atoms with Gasteiger partial charge in [0.2, 0.25) is 11.8 Å². The van der Waals surface area contributed by atoms with E-state index in [1.165, 1.54) is 0 Å². The number of alkyl halides is 2. The minimum absolute atomic E-state index is 0.129. The van der Waals surface area contributed by atoms with Crippen LogP contribution in [0.2, 0.25) is 0 Å². The highest BCUT2D eigenvalue weighted by Gasteiger charge is 2.37. The van der Waals surface area contributed by atoms with E-state index in [2.05, 4.69) is 10.3 Å². The van der Waals surface area contributed by atoms with Crippen LogP contribution in [0, 0.1) is 12.8 Å². The Morgan fingerprint density at radius 2 is 2.05 bits per heavy atom. The van der Waals surface area contributed by atoms with Crippen molar-refractivity contribution in [2.45, 2.75) is 45.1 Å². The fourth-order valence-electron chi connectivity index (χ4n) is 2.34. The van der Waals surface area contributed by atoms with E-state index in [0.717, 1.165) is 11.3 Å². The number of aromatic nitrogens is 1. The van der Waals surface area contributed by atoms with E-state index in [9.17, 15) is 18.4 Å². The molecular weight excluding hydrogens is 302 g/mol. The summed E-state index contributed by atoms with van der Waals surface area (Å²) in [5.41, 5.74) is 0.411. The molecule has 0 unspecified atom stereocenters. The van der Waals surface area contributed by atoms with E-state index in [4.69, 9.17) is 5.11 Å². The van der Waals surface area contributed by atoms with Crippen molar-refractivity contribution in [1.82, 2.24) is 10.3 Å². The molecule has 116 valence electrons. The van der Waals surface area contributed by atoms with Gasteiger partial charge in [0, 0.05) is 18.8 Å². The lowest BCUT2D eigenvalue weighted by Crippen LogP contribution is -2.35. The minimum atomic E-state index is -2.65. The summed E-state index contributed by atoms with van der Waals surface area (Å²) in [4.78, 5) is 27.0. The molecule has 1 aromatic heterocycles. The van der Waals surface area contributed by atoms with Gasteiger partial charge in [0.05, 0.1) is 12.2 Å². The average Bonchev–Trinajstić information content (AvgIpc) is 2.77. The molecule has 1 aromatic rings. The zero-order valence-electron chi connectivity index (χ0n) is 11.5. The number of nitrogens with zero attached hydrogens (tertiary/aromatic N) is 1. The molecule has 0 radical (unpaired) electrons. The summed E-state index contributed by atoms with van der Waals surface area (Å²) >= 11 is 1.01. The van der Waals surface area contributed by atoms with E-state index in [-0.39, 0.29) is 43.0 Å². The van der Waals surface area contributed by atoms with Crippen LogP contribution < -0.4 is 5.32 Å². The van der Waals surface area contributed by atoms with Gasteiger partial charge >= 0.3 is 5.97 Å². The summed E-state index contributed by atoms with van der Waals surface area (Å²) in [5.74, 6) is -4.36. The van der Waals surface area contributed by atoms with Gasteiger partial charge in [-0.05, 0) is 19.8 Å². The van der Waals surface area contributed by atoms with Gasteiger partial charge in [-0.15, -0.1) is 11.3 Å². The molecule has 1 aliphatic rings. The second kappa shape index (κ2) is 6.05. The molecule has 2 rings (SSSR count). The summed E-state index contributed by atoms with van der Waals surface area (Å²) in [6.45, 7) is 1.72. The predicted molar refractivity (Wildman–Crippen MR) is 72.6 cm³/mol. The molecule has 1 heterocycles. The number of carbonyl (C=O) groups is 2. The summed E-state index contributed by atoms with van der Waals surface area (Å²) < 4.78 is 26.0. The van der Waals surface area contributed by atoms with Gasteiger partial charge in [-0.25, -0.2) is 18.6 Å².